The van der Waals surface area contributed by atoms with Crippen LogP contribution in [0, 0.1) is 10.1 Å². The quantitative estimate of drug-likeness (QED) is 0.226. The number of nitrogens with zero attached hydrogens (tertiary/aromatic N) is 6. The summed E-state index contributed by atoms with van der Waals surface area (Å²) in [6, 6.07) is 13.4. The van der Waals surface area contributed by atoms with Gasteiger partial charge in [0, 0.05) is 34.8 Å². The van der Waals surface area contributed by atoms with Gasteiger partial charge in [-0.05, 0) is 43.3 Å². The Kier molecular flexibility index (Phi) is 5.77. The molecule has 0 saturated heterocycles. The Morgan fingerprint density at radius 3 is 2.40 bits per heavy atom. The Balaban J connectivity index is 1.48. The van der Waals surface area contributed by atoms with Gasteiger partial charge in [-0.25, -0.2) is 0 Å². The van der Waals surface area contributed by atoms with Crippen LogP contribution in [0.3, 0.4) is 0 Å². The van der Waals surface area contributed by atoms with Crippen molar-refractivity contribution in [2.45, 2.75) is 24.4 Å². The maximum Gasteiger partial charge on any atom is 0.269 e. The molecule has 11 heteroatoms. The summed E-state index contributed by atoms with van der Waals surface area (Å²) in [5.74, 6) is 1.90. The lowest BCUT2D eigenvalue weighted by Crippen LogP contribution is -1.99. The summed E-state index contributed by atoms with van der Waals surface area (Å²) in [5.41, 5.74) is 1.55. The highest BCUT2D eigenvalue weighted by molar-refractivity contribution is 7.98. The molecule has 2 aromatic carbocycles. The Morgan fingerprint density at radius 1 is 1.03 bits per heavy atom. The smallest absolute Gasteiger partial charge is 0.269 e. The van der Waals surface area contributed by atoms with Gasteiger partial charge in [0.2, 0.25) is 11.8 Å². The van der Waals surface area contributed by atoms with Crippen molar-refractivity contribution in [3.8, 4) is 22.8 Å². The Labute approximate surface area is 180 Å². The molecule has 0 aliphatic rings. The lowest BCUT2D eigenvalue weighted by molar-refractivity contribution is -0.384. The third kappa shape index (κ3) is 4.19. The fourth-order valence-corrected chi connectivity index (χ4v) is 3.74. The third-order valence-corrected chi connectivity index (χ3v) is 5.46. The first-order valence-electron chi connectivity index (χ1n) is 8.94. The molecule has 0 unspecified atom stereocenters. The number of nitro benzene ring substituents is 1. The highest BCUT2D eigenvalue weighted by Gasteiger charge is 2.16. The van der Waals surface area contributed by atoms with Crippen LogP contribution < -0.4 is 0 Å². The van der Waals surface area contributed by atoms with E-state index in [1.54, 1.807) is 12.1 Å². The van der Waals surface area contributed by atoms with Crippen molar-refractivity contribution in [3.05, 3.63) is 69.6 Å². The zero-order valence-corrected chi connectivity index (χ0v) is 17.3. The van der Waals surface area contributed by atoms with Crippen molar-refractivity contribution in [2.75, 3.05) is 0 Å². The summed E-state index contributed by atoms with van der Waals surface area (Å²) in [5, 5.41) is 28.8. The number of rotatable bonds is 7. The minimum absolute atomic E-state index is 0.00411. The molecular weight excluding hydrogens is 428 g/mol. The topological polar surface area (TPSA) is 113 Å². The van der Waals surface area contributed by atoms with Crippen LogP contribution in [0.5, 0.6) is 0 Å². The molecule has 0 radical (unpaired) electrons. The van der Waals surface area contributed by atoms with Gasteiger partial charge >= 0.3 is 0 Å². The van der Waals surface area contributed by atoms with Crippen molar-refractivity contribution in [1.82, 2.24) is 25.0 Å². The van der Waals surface area contributed by atoms with Gasteiger partial charge in [-0.15, -0.1) is 20.4 Å². The third-order valence-electron chi connectivity index (χ3n) is 4.25. The van der Waals surface area contributed by atoms with Crippen molar-refractivity contribution in [2.24, 2.45) is 0 Å². The first-order valence-corrected chi connectivity index (χ1v) is 10.3. The summed E-state index contributed by atoms with van der Waals surface area (Å²) in [6.07, 6.45) is 0. The number of aromatic nitrogens is 5. The molecule has 4 rings (SSSR count). The SMILES string of the molecule is CCn1c(SCc2nnc(-c3ccc([N+](=O)[O-])cc3)o2)nnc1-c1ccc(Cl)cc1. The van der Waals surface area contributed by atoms with E-state index < -0.39 is 4.92 Å². The number of nitro groups is 1. The van der Waals surface area contributed by atoms with E-state index in [2.05, 4.69) is 20.4 Å². The Bertz CT molecular complexity index is 1170. The van der Waals surface area contributed by atoms with Crippen LogP contribution in [0.15, 0.2) is 58.1 Å². The van der Waals surface area contributed by atoms with Gasteiger partial charge in [-0.1, -0.05) is 23.4 Å². The summed E-state index contributed by atoms with van der Waals surface area (Å²) < 4.78 is 7.69. The van der Waals surface area contributed by atoms with E-state index in [1.165, 1.54) is 23.9 Å². The van der Waals surface area contributed by atoms with Crippen molar-refractivity contribution < 1.29 is 9.34 Å². The van der Waals surface area contributed by atoms with Crippen molar-refractivity contribution in [3.63, 3.8) is 0 Å². The molecule has 9 nitrogen and oxygen atoms in total. The molecule has 0 N–H and O–H groups in total. The van der Waals surface area contributed by atoms with Gasteiger partial charge in [0.05, 0.1) is 10.7 Å². The molecule has 0 fully saturated rings. The molecule has 30 heavy (non-hydrogen) atoms. The number of halogens is 1. The van der Waals surface area contributed by atoms with Crippen LogP contribution in [0.25, 0.3) is 22.8 Å². The fraction of sp³-hybridized carbons (Fsp3) is 0.158. The lowest BCUT2D eigenvalue weighted by Gasteiger charge is -2.06. The maximum atomic E-state index is 10.8. The van der Waals surface area contributed by atoms with E-state index in [0.717, 1.165) is 16.5 Å². The molecule has 0 aliphatic heterocycles. The molecule has 0 atom stereocenters. The number of benzene rings is 2. The van der Waals surface area contributed by atoms with E-state index in [-0.39, 0.29) is 5.69 Å². The van der Waals surface area contributed by atoms with Gasteiger partial charge in [0.25, 0.3) is 5.69 Å². The summed E-state index contributed by atoms with van der Waals surface area (Å²) in [7, 11) is 0. The van der Waals surface area contributed by atoms with Crippen LogP contribution >= 0.6 is 23.4 Å². The molecule has 0 bridgehead atoms. The summed E-state index contributed by atoms with van der Waals surface area (Å²) >= 11 is 7.40. The maximum absolute atomic E-state index is 10.8. The zero-order valence-electron chi connectivity index (χ0n) is 15.7. The highest BCUT2D eigenvalue weighted by atomic mass is 35.5. The van der Waals surface area contributed by atoms with E-state index in [1.807, 2.05) is 35.8 Å². The Morgan fingerprint density at radius 2 is 1.73 bits per heavy atom. The summed E-state index contributed by atoms with van der Waals surface area (Å²) in [4.78, 5) is 10.3. The van der Waals surface area contributed by atoms with Gasteiger partial charge in [-0.3, -0.25) is 10.1 Å². The summed E-state index contributed by atoms with van der Waals surface area (Å²) in [6.45, 7) is 2.72. The number of non-ortho nitro benzene ring substituents is 1. The number of hydrogen-bond donors (Lipinski definition) is 0. The molecule has 0 amide bonds. The van der Waals surface area contributed by atoms with Crippen LogP contribution in [0.4, 0.5) is 5.69 Å². The average Bonchev–Trinajstić information content (AvgIpc) is 3.39. The minimum atomic E-state index is -0.457. The van der Waals surface area contributed by atoms with Gasteiger partial charge in [0.15, 0.2) is 11.0 Å². The second-order valence-electron chi connectivity index (χ2n) is 6.15. The van der Waals surface area contributed by atoms with E-state index in [0.29, 0.717) is 34.7 Å². The van der Waals surface area contributed by atoms with Crippen LogP contribution in [-0.4, -0.2) is 29.9 Å². The minimum Gasteiger partial charge on any atom is -0.420 e. The lowest BCUT2D eigenvalue weighted by atomic mass is 10.2. The van der Waals surface area contributed by atoms with Crippen LogP contribution in [0.2, 0.25) is 5.02 Å². The second kappa shape index (κ2) is 8.64. The van der Waals surface area contributed by atoms with Crippen molar-refractivity contribution in [1.29, 1.82) is 0 Å². The first-order chi connectivity index (χ1) is 14.5. The Hall–Kier alpha value is -3.24. The second-order valence-corrected chi connectivity index (χ2v) is 7.53. The number of hydrogen-bond acceptors (Lipinski definition) is 8. The van der Waals surface area contributed by atoms with Crippen LogP contribution in [-0.2, 0) is 12.3 Å². The highest BCUT2D eigenvalue weighted by Crippen LogP contribution is 2.28. The molecule has 2 heterocycles. The van der Waals surface area contributed by atoms with E-state index in [4.69, 9.17) is 16.0 Å². The van der Waals surface area contributed by atoms with Gasteiger partial charge < -0.3 is 8.98 Å². The average molecular weight is 443 g/mol. The predicted molar refractivity (Wildman–Crippen MR) is 112 cm³/mol. The molecule has 152 valence electrons. The molecule has 4 aromatic rings. The molecule has 0 spiro atoms. The normalized spacial score (nSPS) is 11.0. The first kappa shape index (κ1) is 20.0. The standard InChI is InChI=1S/C19H15ClN6O3S/c1-2-25-17(12-3-7-14(20)8-4-12)22-24-19(25)30-11-16-21-23-18(29-16)13-5-9-15(10-6-13)26(27)28/h3-10H,2,11H2,1H3. The molecule has 0 aliphatic carbocycles. The monoisotopic (exact) mass is 442 g/mol. The largest absolute Gasteiger partial charge is 0.420 e. The fourth-order valence-electron chi connectivity index (χ4n) is 2.77. The van der Waals surface area contributed by atoms with Crippen LogP contribution in [0.1, 0.15) is 12.8 Å². The molecule has 2 aromatic heterocycles. The van der Waals surface area contributed by atoms with E-state index in [9.17, 15) is 10.1 Å². The van der Waals surface area contributed by atoms with Gasteiger partial charge in [0.1, 0.15) is 0 Å². The molecular formula is C19H15ClN6O3S. The van der Waals surface area contributed by atoms with Gasteiger partial charge in [-0.2, -0.15) is 0 Å². The molecule has 0 saturated carbocycles. The van der Waals surface area contributed by atoms with E-state index >= 15 is 0 Å². The number of thioether (sulfide) groups is 1. The zero-order chi connectivity index (χ0) is 21.1. The predicted octanol–water partition coefficient (Wildman–Crippen LogP) is 4.87. The van der Waals surface area contributed by atoms with Crippen molar-refractivity contribution >= 4 is 29.1 Å².